The van der Waals surface area contributed by atoms with E-state index in [1.165, 1.54) is 12.1 Å². The van der Waals surface area contributed by atoms with Gasteiger partial charge in [0.05, 0.1) is 5.56 Å². The van der Waals surface area contributed by atoms with Gasteiger partial charge in [0.1, 0.15) is 5.69 Å². The molecular weight excluding hydrogens is 305 g/mol. The highest BCUT2D eigenvalue weighted by molar-refractivity contribution is 6.06. The summed E-state index contributed by atoms with van der Waals surface area (Å²) in [5.41, 5.74) is 1.44. The molecule has 2 N–H and O–H groups in total. The molecule has 2 aromatic carbocycles. The van der Waals surface area contributed by atoms with Gasteiger partial charge in [0, 0.05) is 16.6 Å². The van der Waals surface area contributed by atoms with Gasteiger partial charge in [-0.1, -0.05) is 18.2 Å². The molecule has 3 rings (SSSR count). The van der Waals surface area contributed by atoms with Crippen LogP contribution in [0.1, 0.15) is 21.6 Å². The van der Waals surface area contributed by atoms with E-state index in [-0.39, 0.29) is 5.69 Å². The third-order valence-corrected chi connectivity index (χ3v) is 3.47. The summed E-state index contributed by atoms with van der Waals surface area (Å²) in [7, 11) is 0. The molecule has 0 aliphatic heterocycles. The van der Waals surface area contributed by atoms with Gasteiger partial charge in [-0.05, 0) is 42.8 Å². The third-order valence-electron chi connectivity index (χ3n) is 3.47. The van der Waals surface area contributed by atoms with E-state index in [0.717, 1.165) is 28.6 Å². The zero-order chi connectivity index (χ0) is 16.6. The fraction of sp³-hybridized carbons (Fsp3) is 0.118. The van der Waals surface area contributed by atoms with Gasteiger partial charge in [-0.25, -0.2) is 0 Å². The van der Waals surface area contributed by atoms with E-state index < -0.39 is 17.6 Å². The molecule has 0 radical (unpaired) electrons. The monoisotopic (exact) mass is 318 g/mol. The molecule has 0 unspecified atom stereocenters. The van der Waals surface area contributed by atoms with E-state index in [1.807, 2.05) is 25.1 Å². The van der Waals surface area contributed by atoms with Crippen molar-refractivity contribution in [3.05, 3.63) is 65.4 Å². The Morgan fingerprint density at radius 3 is 2.61 bits per heavy atom. The second kappa shape index (κ2) is 5.46. The van der Waals surface area contributed by atoms with Crippen LogP contribution in [0.4, 0.5) is 18.9 Å². The number of aromatic amines is 1. The largest absolute Gasteiger partial charge is 0.416 e. The van der Waals surface area contributed by atoms with Crippen molar-refractivity contribution in [3.8, 4) is 0 Å². The van der Waals surface area contributed by atoms with Crippen molar-refractivity contribution in [2.45, 2.75) is 13.1 Å². The number of aromatic nitrogens is 1. The predicted octanol–water partition coefficient (Wildman–Crippen LogP) is 4.75. The standard InChI is InChI=1S/C17H13F3N2O/c1-10-5-6-11-8-15(22-14(11)7-10)16(23)21-13-4-2-3-12(9-13)17(18,19)20/h2-9,22H,1H3,(H,21,23). The number of H-pyrrole nitrogens is 1. The van der Waals surface area contributed by atoms with Crippen molar-refractivity contribution in [1.82, 2.24) is 4.98 Å². The lowest BCUT2D eigenvalue weighted by Crippen LogP contribution is -2.13. The summed E-state index contributed by atoms with van der Waals surface area (Å²) in [5, 5.41) is 3.34. The number of carbonyl (C=O) groups excluding carboxylic acids is 1. The lowest BCUT2D eigenvalue weighted by Gasteiger charge is -2.09. The van der Waals surface area contributed by atoms with Crippen LogP contribution in [0.15, 0.2) is 48.5 Å². The zero-order valence-corrected chi connectivity index (χ0v) is 12.2. The molecule has 0 aliphatic carbocycles. The summed E-state index contributed by atoms with van der Waals surface area (Å²) in [5.74, 6) is -0.488. The number of halogens is 3. The molecule has 0 bridgehead atoms. The van der Waals surface area contributed by atoms with Gasteiger partial charge >= 0.3 is 6.18 Å². The summed E-state index contributed by atoms with van der Waals surface area (Å²) in [6.45, 7) is 1.93. The van der Waals surface area contributed by atoms with E-state index >= 15 is 0 Å². The Hall–Kier alpha value is -2.76. The highest BCUT2D eigenvalue weighted by Gasteiger charge is 2.30. The molecule has 1 aromatic heterocycles. The number of hydrogen-bond acceptors (Lipinski definition) is 1. The smallest absolute Gasteiger partial charge is 0.351 e. The number of carbonyl (C=O) groups is 1. The molecule has 1 amide bonds. The van der Waals surface area contributed by atoms with Gasteiger partial charge in [0.15, 0.2) is 0 Å². The summed E-state index contributed by atoms with van der Waals surface area (Å²) >= 11 is 0. The predicted molar refractivity (Wildman–Crippen MR) is 82.4 cm³/mol. The number of nitrogens with one attached hydrogen (secondary N) is 2. The van der Waals surface area contributed by atoms with Crippen molar-refractivity contribution in [1.29, 1.82) is 0 Å². The number of fused-ring (bicyclic) bond motifs is 1. The summed E-state index contributed by atoms with van der Waals surface area (Å²) in [4.78, 5) is 15.2. The minimum atomic E-state index is -4.45. The minimum absolute atomic E-state index is 0.0969. The Morgan fingerprint density at radius 2 is 1.87 bits per heavy atom. The molecule has 1 heterocycles. The molecule has 3 aromatic rings. The number of aryl methyl sites for hydroxylation is 1. The molecule has 0 atom stereocenters. The normalized spacial score (nSPS) is 11.7. The lowest BCUT2D eigenvalue weighted by atomic mass is 10.2. The number of amides is 1. The topological polar surface area (TPSA) is 44.9 Å². The number of benzene rings is 2. The Kier molecular flexibility index (Phi) is 3.60. The van der Waals surface area contributed by atoms with Gasteiger partial charge in [0.25, 0.3) is 5.91 Å². The van der Waals surface area contributed by atoms with Gasteiger partial charge in [0.2, 0.25) is 0 Å². The van der Waals surface area contributed by atoms with Crippen LogP contribution < -0.4 is 5.32 Å². The van der Waals surface area contributed by atoms with Gasteiger partial charge in [-0.2, -0.15) is 13.2 Å². The lowest BCUT2D eigenvalue weighted by molar-refractivity contribution is -0.137. The van der Waals surface area contributed by atoms with Crippen molar-refractivity contribution in [2.75, 3.05) is 5.32 Å². The van der Waals surface area contributed by atoms with Gasteiger partial charge in [-0.15, -0.1) is 0 Å². The molecule has 0 fully saturated rings. The quantitative estimate of drug-likeness (QED) is 0.704. The van der Waals surface area contributed by atoms with Crippen molar-refractivity contribution in [2.24, 2.45) is 0 Å². The maximum absolute atomic E-state index is 12.7. The number of alkyl halides is 3. The second-order valence-electron chi connectivity index (χ2n) is 5.31. The van der Waals surface area contributed by atoms with E-state index in [4.69, 9.17) is 0 Å². The molecule has 23 heavy (non-hydrogen) atoms. The molecule has 6 heteroatoms. The fourth-order valence-corrected chi connectivity index (χ4v) is 2.33. The Balaban J connectivity index is 1.86. The van der Waals surface area contributed by atoms with Crippen LogP contribution in [-0.4, -0.2) is 10.9 Å². The van der Waals surface area contributed by atoms with Crippen LogP contribution in [0.25, 0.3) is 10.9 Å². The molecule has 0 spiro atoms. The molecule has 0 saturated carbocycles. The number of rotatable bonds is 2. The first kappa shape index (κ1) is 15.1. The minimum Gasteiger partial charge on any atom is -0.351 e. The summed E-state index contributed by atoms with van der Waals surface area (Å²) in [6.07, 6.45) is -4.45. The van der Waals surface area contributed by atoms with Crippen molar-refractivity contribution >= 4 is 22.5 Å². The highest BCUT2D eigenvalue weighted by atomic mass is 19.4. The molecular formula is C17H13F3N2O. The van der Waals surface area contributed by atoms with Crippen LogP contribution in [0.3, 0.4) is 0 Å². The summed E-state index contributed by atoms with van der Waals surface area (Å²) in [6, 6.07) is 11.9. The van der Waals surface area contributed by atoms with Crippen LogP contribution in [0, 0.1) is 6.92 Å². The van der Waals surface area contributed by atoms with Gasteiger partial charge in [-0.3, -0.25) is 4.79 Å². The van der Waals surface area contributed by atoms with Gasteiger partial charge < -0.3 is 10.3 Å². The van der Waals surface area contributed by atoms with E-state index in [1.54, 1.807) is 6.07 Å². The zero-order valence-electron chi connectivity index (χ0n) is 12.2. The Morgan fingerprint density at radius 1 is 1.09 bits per heavy atom. The third kappa shape index (κ3) is 3.21. The molecule has 0 saturated heterocycles. The Bertz CT molecular complexity index is 881. The highest BCUT2D eigenvalue weighted by Crippen LogP contribution is 2.30. The number of hydrogen-bond donors (Lipinski definition) is 2. The van der Waals surface area contributed by atoms with E-state index in [9.17, 15) is 18.0 Å². The van der Waals surface area contributed by atoms with Crippen LogP contribution in [-0.2, 0) is 6.18 Å². The second-order valence-corrected chi connectivity index (χ2v) is 5.31. The average Bonchev–Trinajstić information content (AvgIpc) is 2.90. The van der Waals surface area contributed by atoms with E-state index in [0.29, 0.717) is 5.69 Å². The van der Waals surface area contributed by atoms with Crippen molar-refractivity contribution in [3.63, 3.8) is 0 Å². The molecule has 3 nitrogen and oxygen atoms in total. The van der Waals surface area contributed by atoms with Crippen LogP contribution in [0.2, 0.25) is 0 Å². The molecule has 118 valence electrons. The molecule has 0 aliphatic rings. The first-order chi connectivity index (χ1) is 10.8. The maximum Gasteiger partial charge on any atom is 0.416 e. The maximum atomic E-state index is 12.7. The average molecular weight is 318 g/mol. The van der Waals surface area contributed by atoms with Crippen LogP contribution in [0.5, 0.6) is 0 Å². The van der Waals surface area contributed by atoms with Crippen LogP contribution >= 0.6 is 0 Å². The Labute approximate surface area is 130 Å². The summed E-state index contributed by atoms with van der Waals surface area (Å²) < 4.78 is 38.1. The first-order valence-corrected chi connectivity index (χ1v) is 6.91. The number of anilines is 1. The van der Waals surface area contributed by atoms with Crippen molar-refractivity contribution < 1.29 is 18.0 Å². The first-order valence-electron chi connectivity index (χ1n) is 6.91. The fourth-order valence-electron chi connectivity index (χ4n) is 2.33. The SMILES string of the molecule is Cc1ccc2cc(C(=O)Nc3cccc(C(F)(F)F)c3)[nH]c2c1. The van der Waals surface area contributed by atoms with E-state index in [2.05, 4.69) is 10.3 Å².